The summed E-state index contributed by atoms with van der Waals surface area (Å²) in [5.41, 5.74) is 2.53. The Morgan fingerprint density at radius 1 is 1.53 bits per heavy atom. The number of fused-ring (bicyclic) bond motifs is 1. The summed E-state index contributed by atoms with van der Waals surface area (Å²) in [7, 11) is 0. The Kier molecular flexibility index (Phi) is 5.28. The third-order valence-corrected chi connectivity index (χ3v) is 4.13. The van der Waals surface area contributed by atoms with E-state index in [0.29, 0.717) is 13.0 Å². The standard InChI is InChI=1S/C14H17Br2NO2/c1-2-19-14(18)9-12-7-10-3-4-11(16)8-13(10)17(12)6-5-15/h3-4,8,12H,2,5-7,9H2,1H3. The number of nitrogens with zero attached hydrogens (tertiary/aromatic N) is 1. The van der Waals surface area contributed by atoms with Crippen LogP contribution in [0.2, 0.25) is 0 Å². The largest absolute Gasteiger partial charge is 0.466 e. The lowest BCUT2D eigenvalue weighted by Gasteiger charge is -2.26. The van der Waals surface area contributed by atoms with E-state index in [9.17, 15) is 4.79 Å². The van der Waals surface area contributed by atoms with Crippen molar-refractivity contribution in [1.29, 1.82) is 0 Å². The van der Waals surface area contributed by atoms with Crippen LogP contribution in [0.25, 0.3) is 0 Å². The van der Waals surface area contributed by atoms with Crippen molar-refractivity contribution in [3.8, 4) is 0 Å². The average molecular weight is 391 g/mol. The zero-order valence-electron chi connectivity index (χ0n) is 10.9. The first-order valence-corrected chi connectivity index (χ1v) is 8.33. The second-order valence-electron chi connectivity index (χ2n) is 4.52. The van der Waals surface area contributed by atoms with Crippen LogP contribution in [-0.4, -0.2) is 30.5 Å². The van der Waals surface area contributed by atoms with E-state index in [1.54, 1.807) is 0 Å². The highest BCUT2D eigenvalue weighted by Crippen LogP contribution is 2.35. The number of ether oxygens (including phenoxy) is 1. The fourth-order valence-electron chi connectivity index (χ4n) is 2.53. The maximum Gasteiger partial charge on any atom is 0.307 e. The van der Waals surface area contributed by atoms with Crippen molar-refractivity contribution in [2.45, 2.75) is 25.8 Å². The van der Waals surface area contributed by atoms with E-state index in [4.69, 9.17) is 4.74 Å². The molecule has 1 aromatic rings. The number of benzene rings is 1. The van der Waals surface area contributed by atoms with Crippen molar-refractivity contribution in [3.05, 3.63) is 28.2 Å². The van der Waals surface area contributed by atoms with Crippen LogP contribution < -0.4 is 4.90 Å². The second kappa shape index (κ2) is 6.75. The van der Waals surface area contributed by atoms with E-state index in [2.05, 4.69) is 55.0 Å². The maximum atomic E-state index is 11.7. The van der Waals surface area contributed by atoms with Gasteiger partial charge in [-0.3, -0.25) is 4.79 Å². The molecular formula is C14H17Br2NO2. The van der Waals surface area contributed by atoms with Crippen molar-refractivity contribution in [2.75, 3.05) is 23.4 Å². The first-order valence-electron chi connectivity index (χ1n) is 6.42. The summed E-state index contributed by atoms with van der Waals surface area (Å²) >= 11 is 6.99. The van der Waals surface area contributed by atoms with Crippen molar-refractivity contribution >= 4 is 43.5 Å². The molecule has 1 unspecified atom stereocenters. The molecule has 0 amide bonds. The van der Waals surface area contributed by atoms with Gasteiger partial charge in [0.1, 0.15) is 0 Å². The molecule has 0 saturated carbocycles. The third kappa shape index (κ3) is 3.51. The lowest BCUT2D eigenvalue weighted by atomic mass is 10.1. The Hall–Kier alpha value is -0.550. The maximum absolute atomic E-state index is 11.7. The minimum atomic E-state index is -0.112. The molecule has 2 rings (SSSR count). The summed E-state index contributed by atoms with van der Waals surface area (Å²) in [6.45, 7) is 3.19. The molecule has 0 spiro atoms. The third-order valence-electron chi connectivity index (χ3n) is 3.29. The number of halogens is 2. The number of rotatable bonds is 5. The topological polar surface area (TPSA) is 29.5 Å². The highest BCUT2D eigenvalue weighted by Gasteiger charge is 2.30. The van der Waals surface area contributed by atoms with Gasteiger partial charge < -0.3 is 9.64 Å². The van der Waals surface area contributed by atoms with E-state index in [0.717, 1.165) is 22.8 Å². The Morgan fingerprint density at radius 3 is 3.00 bits per heavy atom. The van der Waals surface area contributed by atoms with Crippen molar-refractivity contribution < 1.29 is 9.53 Å². The Bertz CT molecular complexity index is 465. The van der Waals surface area contributed by atoms with Gasteiger partial charge in [0.15, 0.2) is 0 Å². The highest BCUT2D eigenvalue weighted by molar-refractivity contribution is 9.10. The van der Waals surface area contributed by atoms with Crippen LogP contribution in [0.3, 0.4) is 0 Å². The van der Waals surface area contributed by atoms with Gasteiger partial charge in [-0.05, 0) is 31.0 Å². The van der Waals surface area contributed by atoms with Crippen LogP contribution in [0.1, 0.15) is 18.9 Å². The molecular weight excluding hydrogens is 374 g/mol. The molecule has 0 radical (unpaired) electrons. The fourth-order valence-corrected chi connectivity index (χ4v) is 3.26. The number of alkyl halides is 1. The average Bonchev–Trinajstić information content (AvgIpc) is 2.68. The summed E-state index contributed by atoms with van der Waals surface area (Å²) in [6, 6.07) is 6.52. The number of hydrogen-bond acceptors (Lipinski definition) is 3. The minimum Gasteiger partial charge on any atom is -0.466 e. The summed E-state index contributed by atoms with van der Waals surface area (Å²) in [6.07, 6.45) is 1.36. The van der Waals surface area contributed by atoms with Crippen LogP contribution in [0.4, 0.5) is 5.69 Å². The summed E-state index contributed by atoms with van der Waals surface area (Å²) in [5, 5.41) is 0.887. The van der Waals surface area contributed by atoms with Crippen molar-refractivity contribution in [2.24, 2.45) is 0 Å². The van der Waals surface area contributed by atoms with Gasteiger partial charge in [0.25, 0.3) is 0 Å². The monoisotopic (exact) mass is 389 g/mol. The highest BCUT2D eigenvalue weighted by atomic mass is 79.9. The van der Waals surface area contributed by atoms with E-state index in [1.807, 2.05) is 6.92 Å². The minimum absolute atomic E-state index is 0.112. The Balaban J connectivity index is 2.16. The lowest BCUT2D eigenvalue weighted by molar-refractivity contribution is -0.143. The second-order valence-corrected chi connectivity index (χ2v) is 6.23. The molecule has 104 valence electrons. The van der Waals surface area contributed by atoms with Crippen LogP contribution in [0.15, 0.2) is 22.7 Å². The summed E-state index contributed by atoms with van der Waals surface area (Å²) < 4.78 is 6.14. The molecule has 19 heavy (non-hydrogen) atoms. The molecule has 0 aromatic heterocycles. The van der Waals surface area contributed by atoms with Gasteiger partial charge in [-0.1, -0.05) is 37.9 Å². The molecule has 5 heteroatoms. The van der Waals surface area contributed by atoms with Crippen molar-refractivity contribution in [3.63, 3.8) is 0 Å². The van der Waals surface area contributed by atoms with Gasteiger partial charge in [0, 0.05) is 28.1 Å². The van der Waals surface area contributed by atoms with Crippen LogP contribution >= 0.6 is 31.9 Å². The van der Waals surface area contributed by atoms with Gasteiger partial charge >= 0.3 is 5.97 Å². The molecule has 1 atom stereocenters. The smallest absolute Gasteiger partial charge is 0.307 e. The van der Waals surface area contributed by atoms with Gasteiger partial charge in [0.2, 0.25) is 0 Å². The van der Waals surface area contributed by atoms with Gasteiger partial charge in [0.05, 0.1) is 13.0 Å². The van der Waals surface area contributed by atoms with Crippen LogP contribution in [0, 0.1) is 0 Å². The Labute approximate surface area is 130 Å². The summed E-state index contributed by atoms with van der Waals surface area (Å²) in [5.74, 6) is -0.112. The molecule has 3 nitrogen and oxygen atoms in total. The van der Waals surface area contributed by atoms with E-state index >= 15 is 0 Å². The SMILES string of the molecule is CCOC(=O)CC1Cc2ccc(Br)cc2N1CCBr. The predicted octanol–water partition coefficient (Wildman–Crippen LogP) is 3.53. The number of esters is 1. The normalized spacial score (nSPS) is 17.4. The number of anilines is 1. The van der Waals surface area contributed by atoms with Crippen LogP contribution in [0.5, 0.6) is 0 Å². The zero-order valence-corrected chi connectivity index (χ0v) is 14.0. The zero-order chi connectivity index (χ0) is 13.8. The number of carbonyl (C=O) groups is 1. The first-order chi connectivity index (χ1) is 9.15. The molecule has 1 heterocycles. The number of carbonyl (C=O) groups excluding carboxylic acids is 1. The number of hydrogen-bond donors (Lipinski definition) is 0. The molecule has 0 bridgehead atoms. The van der Waals surface area contributed by atoms with Gasteiger partial charge in [-0.25, -0.2) is 0 Å². The quantitative estimate of drug-likeness (QED) is 0.569. The van der Waals surface area contributed by atoms with Gasteiger partial charge in [-0.2, -0.15) is 0 Å². The van der Waals surface area contributed by atoms with Crippen LogP contribution in [-0.2, 0) is 16.0 Å². The molecule has 0 N–H and O–H groups in total. The fraction of sp³-hybridized carbons (Fsp3) is 0.500. The first kappa shape index (κ1) is 14.9. The molecule has 0 aliphatic carbocycles. The predicted molar refractivity (Wildman–Crippen MR) is 84.0 cm³/mol. The Morgan fingerprint density at radius 2 is 2.32 bits per heavy atom. The van der Waals surface area contributed by atoms with Crippen molar-refractivity contribution in [1.82, 2.24) is 0 Å². The molecule has 1 aliphatic rings. The van der Waals surface area contributed by atoms with E-state index in [-0.39, 0.29) is 12.0 Å². The molecule has 0 saturated heterocycles. The molecule has 0 fully saturated rings. The lowest BCUT2D eigenvalue weighted by Crippen LogP contribution is -2.35. The van der Waals surface area contributed by atoms with Gasteiger partial charge in [-0.15, -0.1) is 0 Å². The summed E-state index contributed by atoms with van der Waals surface area (Å²) in [4.78, 5) is 14.0. The van der Waals surface area contributed by atoms with E-state index in [1.165, 1.54) is 11.3 Å². The molecule has 1 aliphatic heterocycles. The van der Waals surface area contributed by atoms with E-state index < -0.39 is 0 Å². The molecule has 1 aromatic carbocycles.